The van der Waals surface area contributed by atoms with Gasteiger partial charge in [0.1, 0.15) is 17.0 Å². The normalized spacial score (nSPS) is 23.4. The van der Waals surface area contributed by atoms with Gasteiger partial charge in [0.25, 0.3) is 5.69 Å². The number of hydrogen-bond donors (Lipinski definition) is 2. The summed E-state index contributed by atoms with van der Waals surface area (Å²) in [4.78, 5) is 52.9. The molecule has 0 bridgehead atoms. The lowest BCUT2D eigenvalue weighted by atomic mass is 9.76. The van der Waals surface area contributed by atoms with Crippen LogP contribution in [0, 0.1) is 28.9 Å². The summed E-state index contributed by atoms with van der Waals surface area (Å²) in [5.74, 6) is -3.70. The third kappa shape index (κ3) is 4.57. The van der Waals surface area contributed by atoms with Crippen molar-refractivity contribution in [2.75, 3.05) is 14.2 Å². The number of imide groups is 1. The molecule has 0 spiro atoms. The Hall–Kier alpha value is -4.77. The van der Waals surface area contributed by atoms with Crippen molar-refractivity contribution < 1.29 is 33.9 Å². The number of likely N-dealkylation sites (tertiary alicyclic amines) is 1. The van der Waals surface area contributed by atoms with Crippen LogP contribution < -0.4 is 14.8 Å². The van der Waals surface area contributed by atoms with Gasteiger partial charge in [0.15, 0.2) is 0 Å². The van der Waals surface area contributed by atoms with Crippen LogP contribution in [0.1, 0.15) is 28.3 Å². The Morgan fingerprint density at radius 2 is 1.68 bits per heavy atom. The zero-order valence-electron chi connectivity index (χ0n) is 22.7. The Labute approximate surface area is 235 Å². The number of fused-ring (bicyclic) bond motifs is 1. The van der Waals surface area contributed by atoms with Crippen molar-refractivity contribution in [1.82, 2.24) is 10.2 Å². The summed E-state index contributed by atoms with van der Waals surface area (Å²) in [6.45, 7) is 1.79. The largest absolute Gasteiger partial charge is 0.496 e. The molecule has 3 aromatic carbocycles. The third-order valence-corrected chi connectivity index (χ3v) is 8.09. The maximum Gasteiger partial charge on any atom is 0.325 e. The number of rotatable bonds is 9. The summed E-state index contributed by atoms with van der Waals surface area (Å²) in [6, 6.07) is 17.0. The monoisotopic (exact) mass is 559 g/mol. The minimum Gasteiger partial charge on any atom is -0.496 e. The Morgan fingerprint density at radius 3 is 2.27 bits per heavy atom. The molecule has 5 rings (SSSR count). The SMILES string of the molecule is COc1ccc(C2NC(Cc3ccc([N+](=O)[O-])cc3)(C(=O)O)C3C(=O)N(Cc4ccccc4)C(=O)C23)c(OC)c1C. The molecular formula is C30H29N3O8. The quantitative estimate of drug-likeness (QED) is 0.228. The second-order valence-electron chi connectivity index (χ2n) is 10.3. The highest BCUT2D eigenvalue weighted by Gasteiger charge is 2.68. The smallest absolute Gasteiger partial charge is 0.325 e. The first kappa shape index (κ1) is 27.8. The van der Waals surface area contributed by atoms with Gasteiger partial charge in [0.2, 0.25) is 11.8 Å². The van der Waals surface area contributed by atoms with Crippen molar-refractivity contribution in [2.24, 2.45) is 11.8 Å². The molecule has 2 amide bonds. The van der Waals surface area contributed by atoms with E-state index in [9.17, 15) is 29.6 Å². The van der Waals surface area contributed by atoms with Crippen molar-refractivity contribution in [3.05, 3.63) is 99.1 Å². The van der Waals surface area contributed by atoms with Gasteiger partial charge in [-0.05, 0) is 24.1 Å². The lowest BCUT2D eigenvalue weighted by molar-refractivity contribution is -0.384. The lowest BCUT2D eigenvalue weighted by Gasteiger charge is -2.31. The fourth-order valence-corrected chi connectivity index (χ4v) is 6.18. The van der Waals surface area contributed by atoms with Gasteiger partial charge in [0.05, 0.1) is 37.5 Å². The van der Waals surface area contributed by atoms with Crippen LogP contribution in [0.5, 0.6) is 11.5 Å². The average Bonchev–Trinajstić information content (AvgIpc) is 3.43. The number of ether oxygens (including phenoxy) is 2. The van der Waals surface area contributed by atoms with Gasteiger partial charge in [-0.1, -0.05) is 48.5 Å². The van der Waals surface area contributed by atoms with Crippen LogP contribution in [0.25, 0.3) is 0 Å². The summed E-state index contributed by atoms with van der Waals surface area (Å²) < 4.78 is 11.1. The van der Waals surface area contributed by atoms with Crippen molar-refractivity contribution in [1.29, 1.82) is 0 Å². The number of nitro groups is 1. The number of amides is 2. The number of non-ortho nitro benzene ring substituents is 1. The predicted molar refractivity (Wildman–Crippen MR) is 146 cm³/mol. The topological polar surface area (TPSA) is 148 Å². The Bertz CT molecular complexity index is 1520. The van der Waals surface area contributed by atoms with E-state index in [1.807, 2.05) is 6.07 Å². The third-order valence-electron chi connectivity index (χ3n) is 8.09. The van der Waals surface area contributed by atoms with Gasteiger partial charge in [-0.25, -0.2) is 0 Å². The van der Waals surface area contributed by atoms with Crippen LogP contribution in [0.3, 0.4) is 0 Å². The minimum absolute atomic E-state index is 0.00420. The molecule has 3 aromatic rings. The molecule has 4 atom stereocenters. The van der Waals surface area contributed by atoms with Crippen LogP contribution in [0.15, 0.2) is 66.7 Å². The number of carboxylic acid groups (broad SMARTS) is 1. The molecule has 2 aliphatic heterocycles. The number of nitrogens with one attached hydrogen (secondary N) is 1. The molecule has 11 heteroatoms. The first-order valence-corrected chi connectivity index (χ1v) is 13.0. The van der Waals surface area contributed by atoms with Crippen LogP contribution in [-0.2, 0) is 27.3 Å². The average molecular weight is 560 g/mol. The zero-order valence-corrected chi connectivity index (χ0v) is 22.7. The number of hydrogen-bond acceptors (Lipinski definition) is 8. The molecule has 0 radical (unpaired) electrons. The molecule has 0 aromatic heterocycles. The summed E-state index contributed by atoms with van der Waals surface area (Å²) in [7, 11) is 2.99. The van der Waals surface area contributed by atoms with Gasteiger partial charge < -0.3 is 14.6 Å². The van der Waals surface area contributed by atoms with Crippen molar-refractivity contribution in [2.45, 2.75) is 31.5 Å². The summed E-state index contributed by atoms with van der Waals surface area (Å²) >= 11 is 0. The minimum atomic E-state index is -1.89. The van der Waals surface area contributed by atoms with E-state index in [2.05, 4.69) is 5.32 Å². The van der Waals surface area contributed by atoms with Gasteiger partial charge >= 0.3 is 5.97 Å². The van der Waals surface area contributed by atoms with E-state index in [4.69, 9.17) is 9.47 Å². The highest BCUT2D eigenvalue weighted by atomic mass is 16.6. The predicted octanol–water partition coefficient (Wildman–Crippen LogP) is 3.43. The molecule has 4 unspecified atom stereocenters. The summed E-state index contributed by atoms with van der Waals surface area (Å²) in [6.07, 6.45) is -0.187. The van der Waals surface area contributed by atoms with Gasteiger partial charge in [0, 0.05) is 35.7 Å². The number of nitrogens with zero attached hydrogens (tertiary/aromatic N) is 2. The number of methoxy groups -OCH3 is 2. The fraction of sp³-hybridized carbons (Fsp3) is 0.300. The van der Waals surface area contributed by atoms with E-state index in [0.717, 1.165) is 10.5 Å². The number of carbonyl (C=O) groups is 3. The van der Waals surface area contributed by atoms with E-state index in [1.165, 1.54) is 38.5 Å². The van der Waals surface area contributed by atoms with E-state index in [-0.39, 0.29) is 18.7 Å². The Morgan fingerprint density at radius 1 is 1.00 bits per heavy atom. The van der Waals surface area contributed by atoms with Gasteiger partial charge in [-0.3, -0.25) is 34.7 Å². The molecule has 2 fully saturated rings. The van der Waals surface area contributed by atoms with Crippen molar-refractivity contribution in [3.8, 4) is 11.5 Å². The molecule has 0 saturated carbocycles. The second-order valence-corrected chi connectivity index (χ2v) is 10.3. The van der Waals surface area contributed by atoms with Crippen LogP contribution in [0.4, 0.5) is 5.69 Å². The standard InChI is InChI=1S/C30H29N3O8/c1-17-22(40-2)14-13-21(26(17)41-3)25-23-24(28(35)32(27(23)34)16-19-7-5-4-6-8-19)30(31-25,29(36)37)15-18-9-11-20(12-10-18)33(38)39/h4-14,23-25,31H,15-16H2,1-3H3,(H,36,37). The first-order valence-electron chi connectivity index (χ1n) is 13.0. The number of benzene rings is 3. The Kier molecular flexibility index (Phi) is 7.22. The van der Waals surface area contributed by atoms with E-state index < -0.39 is 46.1 Å². The maximum absolute atomic E-state index is 14.0. The van der Waals surface area contributed by atoms with E-state index in [0.29, 0.717) is 28.2 Å². The molecule has 2 heterocycles. The zero-order chi connectivity index (χ0) is 29.5. The number of aliphatic carboxylic acids is 1. The molecule has 0 aliphatic carbocycles. The number of carboxylic acids is 1. The fourth-order valence-electron chi connectivity index (χ4n) is 6.18. The second kappa shape index (κ2) is 10.7. The molecule has 11 nitrogen and oxygen atoms in total. The molecular weight excluding hydrogens is 530 g/mol. The molecule has 212 valence electrons. The molecule has 2 saturated heterocycles. The number of carbonyl (C=O) groups excluding carboxylic acids is 2. The van der Waals surface area contributed by atoms with Crippen molar-refractivity contribution in [3.63, 3.8) is 0 Å². The Balaban J connectivity index is 1.64. The highest BCUT2D eigenvalue weighted by molar-refractivity contribution is 6.09. The summed E-state index contributed by atoms with van der Waals surface area (Å²) in [5, 5.41) is 25.1. The van der Waals surface area contributed by atoms with E-state index >= 15 is 0 Å². The van der Waals surface area contributed by atoms with Crippen molar-refractivity contribution >= 4 is 23.5 Å². The van der Waals surface area contributed by atoms with Crippen LogP contribution in [-0.4, -0.2) is 52.5 Å². The van der Waals surface area contributed by atoms with E-state index in [1.54, 1.807) is 43.3 Å². The van der Waals surface area contributed by atoms with Gasteiger partial charge in [-0.2, -0.15) is 0 Å². The molecule has 41 heavy (non-hydrogen) atoms. The first-order chi connectivity index (χ1) is 19.6. The maximum atomic E-state index is 14.0. The van der Waals surface area contributed by atoms with Crippen LogP contribution >= 0.6 is 0 Å². The molecule has 2 N–H and O–H groups in total. The summed E-state index contributed by atoms with van der Waals surface area (Å²) in [5.41, 5.74) is 0.343. The lowest BCUT2D eigenvalue weighted by Crippen LogP contribution is -2.57. The highest BCUT2D eigenvalue weighted by Crippen LogP contribution is 2.52. The number of nitro benzene ring substituents is 1. The molecule has 2 aliphatic rings. The van der Waals surface area contributed by atoms with Gasteiger partial charge in [-0.15, -0.1) is 0 Å². The van der Waals surface area contributed by atoms with Crippen LogP contribution in [0.2, 0.25) is 0 Å².